The maximum atomic E-state index is 12.0. The molecule has 6 heteroatoms. The van der Waals surface area contributed by atoms with E-state index in [9.17, 15) is 4.79 Å². The molecule has 1 aliphatic carbocycles. The van der Waals surface area contributed by atoms with Crippen LogP contribution in [-0.2, 0) is 6.54 Å². The van der Waals surface area contributed by atoms with Crippen molar-refractivity contribution in [3.63, 3.8) is 0 Å². The number of hydrogen-bond donors (Lipinski definition) is 2. The van der Waals surface area contributed by atoms with Gasteiger partial charge in [0, 0.05) is 30.7 Å². The van der Waals surface area contributed by atoms with E-state index in [1.165, 1.54) is 18.4 Å². The lowest BCUT2D eigenvalue weighted by Crippen LogP contribution is -2.37. The smallest absolute Gasteiger partial charge is 0.251 e. The van der Waals surface area contributed by atoms with Crippen LogP contribution in [0.15, 0.2) is 24.3 Å². The highest BCUT2D eigenvalue weighted by Crippen LogP contribution is 2.27. The molecule has 4 nitrogen and oxygen atoms in total. The molecule has 2 rings (SSSR count). The summed E-state index contributed by atoms with van der Waals surface area (Å²) in [5.41, 5.74) is 2.01. The Labute approximate surface area is 152 Å². The minimum Gasteiger partial charge on any atom is -0.350 e. The first-order valence-electron chi connectivity index (χ1n) is 7.92. The van der Waals surface area contributed by atoms with Crippen LogP contribution in [-0.4, -0.2) is 43.0 Å². The minimum atomic E-state index is -0.00168. The van der Waals surface area contributed by atoms with Crippen molar-refractivity contribution in [1.29, 1.82) is 0 Å². The van der Waals surface area contributed by atoms with Crippen molar-refractivity contribution >= 4 is 30.7 Å². The number of carbonyl (C=O) groups excluding carboxylic acids is 1. The van der Waals surface area contributed by atoms with E-state index in [-0.39, 0.29) is 36.8 Å². The number of nitrogens with one attached hydrogen (secondary N) is 2. The lowest BCUT2D eigenvalue weighted by atomic mass is 10.1. The van der Waals surface area contributed by atoms with Gasteiger partial charge < -0.3 is 10.6 Å². The third-order valence-corrected chi connectivity index (χ3v) is 4.13. The highest BCUT2D eigenvalue weighted by atomic mass is 35.5. The van der Waals surface area contributed by atoms with Crippen molar-refractivity contribution in [2.75, 3.05) is 20.1 Å². The molecular formula is C17H29Cl2N3O. The van der Waals surface area contributed by atoms with E-state index in [2.05, 4.69) is 34.6 Å². The molecule has 0 radical (unpaired) electrons. The summed E-state index contributed by atoms with van der Waals surface area (Å²) in [6.45, 7) is 6.97. The molecule has 0 aromatic heterocycles. The standard InChI is InChI=1S/C17H27N3O.2ClH/c1-4-20(16-9-10-16)12-14-5-7-15(8-6-14)17(21)19-11-13(2)18-3;;/h5-8,13,16,18H,4,9-12H2,1-3H3,(H,19,21);2*1H. The predicted octanol–water partition coefficient (Wildman–Crippen LogP) is 2.85. The van der Waals surface area contributed by atoms with E-state index < -0.39 is 0 Å². The summed E-state index contributed by atoms with van der Waals surface area (Å²) in [5, 5.41) is 6.04. The van der Waals surface area contributed by atoms with E-state index in [4.69, 9.17) is 0 Å². The lowest BCUT2D eigenvalue weighted by Gasteiger charge is -2.19. The van der Waals surface area contributed by atoms with Crippen LogP contribution in [0.25, 0.3) is 0 Å². The van der Waals surface area contributed by atoms with Gasteiger partial charge in [0.2, 0.25) is 0 Å². The summed E-state index contributed by atoms with van der Waals surface area (Å²) in [5.74, 6) is -0.00168. The van der Waals surface area contributed by atoms with Crippen molar-refractivity contribution in [3.05, 3.63) is 35.4 Å². The van der Waals surface area contributed by atoms with Crippen LogP contribution in [0, 0.1) is 0 Å². The summed E-state index contributed by atoms with van der Waals surface area (Å²) in [6.07, 6.45) is 2.66. The van der Waals surface area contributed by atoms with Crippen molar-refractivity contribution < 1.29 is 4.79 Å². The first-order chi connectivity index (χ1) is 10.1. The Morgan fingerprint density at radius 2 is 1.87 bits per heavy atom. The van der Waals surface area contributed by atoms with Gasteiger partial charge in [-0.15, -0.1) is 24.8 Å². The molecule has 1 atom stereocenters. The Morgan fingerprint density at radius 1 is 1.26 bits per heavy atom. The second-order valence-electron chi connectivity index (χ2n) is 5.89. The molecule has 1 aromatic carbocycles. The molecule has 132 valence electrons. The van der Waals surface area contributed by atoms with E-state index in [1.807, 2.05) is 26.1 Å². The minimum absolute atomic E-state index is 0. The third kappa shape index (κ3) is 7.08. The number of likely N-dealkylation sites (N-methyl/N-ethyl adjacent to an activating group) is 1. The maximum absolute atomic E-state index is 12.0. The lowest BCUT2D eigenvalue weighted by molar-refractivity contribution is 0.0950. The maximum Gasteiger partial charge on any atom is 0.251 e. The van der Waals surface area contributed by atoms with Crippen LogP contribution >= 0.6 is 24.8 Å². The second kappa shape index (κ2) is 10.9. The number of benzene rings is 1. The molecule has 0 spiro atoms. The summed E-state index contributed by atoms with van der Waals surface area (Å²) >= 11 is 0. The Balaban J connectivity index is 0.00000242. The zero-order valence-electron chi connectivity index (χ0n) is 14.2. The zero-order valence-corrected chi connectivity index (χ0v) is 15.8. The van der Waals surface area contributed by atoms with Gasteiger partial charge in [0.15, 0.2) is 0 Å². The molecule has 0 bridgehead atoms. The largest absolute Gasteiger partial charge is 0.350 e. The molecule has 1 fully saturated rings. The van der Waals surface area contributed by atoms with Gasteiger partial charge in [-0.1, -0.05) is 19.1 Å². The van der Waals surface area contributed by atoms with Crippen molar-refractivity contribution in [2.45, 2.75) is 45.3 Å². The number of halogens is 2. The molecule has 1 saturated carbocycles. The van der Waals surface area contributed by atoms with Crippen LogP contribution in [0.1, 0.15) is 42.6 Å². The molecule has 1 aromatic rings. The van der Waals surface area contributed by atoms with E-state index in [0.717, 1.165) is 24.7 Å². The Bertz CT molecular complexity index is 463. The summed E-state index contributed by atoms with van der Waals surface area (Å²) < 4.78 is 0. The number of amides is 1. The summed E-state index contributed by atoms with van der Waals surface area (Å²) in [7, 11) is 1.89. The Kier molecular flexibility index (Phi) is 10.5. The monoisotopic (exact) mass is 361 g/mol. The highest BCUT2D eigenvalue weighted by molar-refractivity contribution is 5.94. The molecule has 1 unspecified atom stereocenters. The summed E-state index contributed by atoms with van der Waals surface area (Å²) in [6, 6.07) is 9.05. The molecule has 2 N–H and O–H groups in total. The Hall–Kier alpha value is -0.810. The molecule has 0 aliphatic heterocycles. The van der Waals surface area contributed by atoms with Gasteiger partial charge in [-0.2, -0.15) is 0 Å². The van der Waals surface area contributed by atoms with E-state index in [0.29, 0.717) is 6.54 Å². The topological polar surface area (TPSA) is 44.4 Å². The van der Waals surface area contributed by atoms with Crippen LogP contribution in [0.2, 0.25) is 0 Å². The third-order valence-electron chi connectivity index (χ3n) is 4.13. The quantitative estimate of drug-likeness (QED) is 0.748. The first kappa shape index (κ1) is 22.2. The molecule has 0 saturated heterocycles. The van der Waals surface area contributed by atoms with Gasteiger partial charge in [0.05, 0.1) is 0 Å². The van der Waals surface area contributed by atoms with Crippen LogP contribution in [0.5, 0.6) is 0 Å². The molecule has 23 heavy (non-hydrogen) atoms. The van der Waals surface area contributed by atoms with Crippen molar-refractivity contribution in [3.8, 4) is 0 Å². The highest BCUT2D eigenvalue weighted by Gasteiger charge is 2.27. The van der Waals surface area contributed by atoms with Gasteiger partial charge in [-0.3, -0.25) is 9.69 Å². The molecule has 1 amide bonds. The van der Waals surface area contributed by atoms with Crippen molar-refractivity contribution in [2.24, 2.45) is 0 Å². The van der Waals surface area contributed by atoms with Crippen LogP contribution in [0.4, 0.5) is 0 Å². The normalized spacial score (nSPS) is 14.6. The van der Waals surface area contributed by atoms with Gasteiger partial charge in [-0.25, -0.2) is 0 Å². The zero-order chi connectivity index (χ0) is 15.2. The number of rotatable bonds is 8. The SMILES string of the molecule is CCN(Cc1ccc(C(=O)NCC(C)NC)cc1)C1CC1.Cl.Cl. The average molecular weight is 362 g/mol. The fourth-order valence-corrected chi connectivity index (χ4v) is 2.38. The average Bonchev–Trinajstić information content (AvgIpc) is 3.35. The van der Waals surface area contributed by atoms with Gasteiger partial charge in [-0.05, 0) is 51.1 Å². The van der Waals surface area contributed by atoms with E-state index in [1.54, 1.807) is 0 Å². The molecular weight excluding hydrogens is 333 g/mol. The van der Waals surface area contributed by atoms with Gasteiger partial charge in [0.1, 0.15) is 0 Å². The first-order valence-corrected chi connectivity index (χ1v) is 7.92. The molecule has 1 aliphatic rings. The van der Waals surface area contributed by atoms with E-state index >= 15 is 0 Å². The fraction of sp³-hybridized carbons (Fsp3) is 0.588. The van der Waals surface area contributed by atoms with Gasteiger partial charge in [0.25, 0.3) is 5.91 Å². The number of hydrogen-bond acceptors (Lipinski definition) is 3. The summed E-state index contributed by atoms with van der Waals surface area (Å²) in [4.78, 5) is 14.5. The number of nitrogens with zero attached hydrogens (tertiary/aromatic N) is 1. The van der Waals surface area contributed by atoms with Crippen molar-refractivity contribution in [1.82, 2.24) is 15.5 Å². The fourth-order valence-electron chi connectivity index (χ4n) is 2.38. The van der Waals surface area contributed by atoms with Crippen LogP contribution in [0.3, 0.4) is 0 Å². The Morgan fingerprint density at radius 3 is 2.35 bits per heavy atom. The van der Waals surface area contributed by atoms with Gasteiger partial charge >= 0.3 is 0 Å². The molecule has 0 heterocycles. The van der Waals surface area contributed by atoms with Crippen LogP contribution < -0.4 is 10.6 Å². The predicted molar refractivity (Wildman–Crippen MR) is 101 cm³/mol. The number of carbonyl (C=O) groups is 1. The second-order valence-corrected chi connectivity index (χ2v) is 5.89.